The molecule has 1 aliphatic rings. The number of rotatable bonds is 5. The zero-order valence-electron chi connectivity index (χ0n) is 20.2. The Balaban J connectivity index is 1.56. The summed E-state index contributed by atoms with van der Waals surface area (Å²) in [5.41, 5.74) is 2.59. The van der Waals surface area contributed by atoms with Gasteiger partial charge in [0.25, 0.3) is 10.6 Å². The number of ether oxygens (including phenoxy) is 1. The molecule has 0 saturated carbocycles. The van der Waals surface area contributed by atoms with E-state index in [1.165, 1.54) is 34.8 Å². The van der Waals surface area contributed by atoms with Crippen LogP contribution in [0.4, 0.5) is 18.9 Å². The Bertz CT molecular complexity index is 1650. The molecule has 0 spiro atoms. The smallest absolute Gasteiger partial charge is 0.405 e. The molecule has 11 heteroatoms. The van der Waals surface area contributed by atoms with E-state index in [-0.39, 0.29) is 17.9 Å². The van der Waals surface area contributed by atoms with Crippen LogP contribution in [0.2, 0.25) is 0 Å². The molecule has 3 heterocycles. The first-order valence-corrected chi connectivity index (χ1v) is 13.9. The number of alkyl halides is 3. The van der Waals surface area contributed by atoms with Crippen LogP contribution in [-0.2, 0) is 13.1 Å². The van der Waals surface area contributed by atoms with E-state index in [0.29, 0.717) is 16.6 Å². The standard InChI is InChI=1S/C26H23F3N3O2S3/c1-4-32-22(37-23(24(32)33)25-30(3)18-10-9-16(2)13-20(18)36-25)14-21-31(11-12-35-21)15-17-7-5-6-8-19(17)34-26(27,28)29/h5-14H,4,15H2,1-3H3/q+1/b25-23+. The third kappa shape index (κ3) is 5.21. The number of fused-ring (bicyclic) bond motifs is 1. The van der Waals surface area contributed by atoms with Gasteiger partial charge in [-0.25, -0.2) is 0 Å². The third-order valence-corrected chi connectivity index (χ3v) is 9.23. The summed E-state index contributed by atoms with van der Waals surface area (Å²) in [6, 6.07) is 12.4. The Morgan fingerprint density at radius 1 is 1.16 bits per heavy atom. The minimum absolute atomic E-state index is 0.0512. The molecule has 0 bridgehead atoms. The number of halogens is 3. The average molecular weight is 563 g/mol. The van der Waals surface area contributed by atoms with Gasteiger partial charge in [0, 0.05) is 18.5 Å². The molecule has 0 amide bonds. The highest BCUT2D eigenvalue weighted by Gasteiger charge is 2.32. The molecular formula is C26H23F3N3O2S3+. The van der Waals surface area contributed by atoms with Crippen LogP contribution in [-0.4, -0.2) is 18.0 Å². The Morgan fingerprint density at radius 3 is 2.70 bits per heavy atom. The number of anilines is 1. The van der Waals surface area contributed by atoms with Crippen LogP contribution in [0.1, 0.15) is 23.1 Å². The van der Waals surface area contributed by atoms with Crippen LogP contribution in [0.25, 0.3) is 11.1 Å². The molecule has 0 radical (unpaired) electrons. The SMILES string of the molecule is CCn1c(=O)/c(=C2\Sc3cc(C)ccc3N2C)s/c1=C\c1scc[n+]1Cc1ccccc1OC(F)(F)F. The summed E-state index contributed by atoms with van der Waals surface area (Å²) in [4.78, 5) is 16.6. The molecule has 2 aromatic heterocycles. The van der Waals surface area contributed by atoms with Gasteiger partial charge in [-0.15, -0.1) is 24.5 Å². The lowest BCUT2D eigenvalue weighted by Gasteiger charge is -2.12. The lowest BCUT2D eigenvalue weighted by Crippen LogP contribution is -2.36. The van der Waals surface area contributed by atoms with E-state index >= 15 is 0 Å². The third-order valence-electron chi connectivity index (χ3n) is 5.91. The minimum atomic E-state index is -4.77. The first-order valence-electron chi connectivity index (χ1n) is 11.4. The highest BCUT2D eigenvalue weighted by Crippen LogP contribution is 2.45. The van der Waals surface area contributed by atoms with Crippen molar-refractivity contribution in [3.8, 4) is 5.75 Å². The molecule has 0 aliphatic carbocycles. The summed E-state index contributed by atoms with van der Waals surface area (Å²) in [5.74, 6) is -0.226. The predicted octanol–water partition coefficient (Wildman–Crippen LogP) is 4.67. The zero-order chi connectivity index (χ0) is 26.3. The molecule has 5 nitrogen and oxygen atoms in total. The lowest BCUT2D eigenvalue weighted by atomic mass is 10.2. The van der Waals surface area contributed by atoms with Crippen molar-refractivity contribution < 1.29 is 22.5 Å². The number of hydrogen-bond donors (Lipinski definition) is 0. The van der Waals surface area contributed by atoms with E-state index in [2.05, 4.69) is 27.8 Å². The van der Waals surface area contributed by atoms with Gasteiger partial charge in [-0.05, 0) is 43.7 Å². The average Bonchev–Trinajstić information content (AvgIpc) is 3.50. The number of para-hydroxylation sites is 1. The molecule has 0 N–H and O–H groups in total. The highest BCUT2D eigenvalue weighted by molar-refractivity contribution is 8.08. The monoisotopic (exact) mass is 562 g/mol. The fraction of sp³-hybridized carbons (Fsp3) is 0.231. The van der Waals surface area contributed by atoms with Crippen LogP contribution in [0.3, 0.4) is 0 Å². The number of nitrogens with zero attached hydrogens (tertiary/aromatic N) is 3. The van der Waals surface area contributed by atoms with Crippen LogP contribution in [0, 0.1) is 6.92 Å². The van der Waals surface area contributed by atoms with Gasteiger partial charge in [-0.3, -0.25) is 9.36 Å². The quantitative estimate of drug-likeness (QED) is 0.332. The van der Waals surface area contributed by atoms with Crippen molar-refractivity contribution in [2.75, 3.05) is 11.9 Å². The number of aryl methyl sites for hydroxylation is 1. The number of benzene rings is 2. The van der Waals surface area contributed by atoms with Crippen molar-refractivity contribution in [1.29, 1.82) is 0 Å². The normalized spacial score (nSPS) is 15.4. The summed E-state index contributed by atoms with van der Waals surface area (Å²) in [6.45, 7) is 4.67. The van der Waals surface area contributed by atoms with Crippen LogP contribution in [0.5, 0.6) is 5.75 Å². The largest absolute Gasteiger partial charge is 0.573 e. The van der Waals surface area contributed by atoms with Gasteiger partial charge in [0.1, 0.15) is 20.0 Å². The second-order valence-electron chi connectivity index (χ2n) is 8.43. The van der Waals surface area contributed by atoms with E-state index in [1.807, 2.05) is 43.1 Å². The van der Waals surface area contributed by atoms with Gasteiger partial charge in [0.15, 0.2) is 12.7 Å². The number of thioether (sulfide) groups is 1. The lowest BCUT2D eigenvalue weighted by molar-refractivity contribution is -0.685. The van der Waals surface area contributed by atoms with Crippen LogP contribution < -0.4 is 29.0 Å². The topological polar surface area (TPSA) is 38.4 Å². The molecule has 0 saturated heterocycles. The zero-order valence-corrected chi connectivity index (χ0v) is 22.7. The summed E-state index contributed by atoms with van der Waals surface area (Å²) in [5, 5.41) is 3.58. The van der Waals surface area contributed by atoms with E-state index in [9.17, 15) is 18.0 Å². The Hall–Kier alpha value is -3.02. The van der Waals surface area contributed by atoms with Gasteiger partial charge in [-0.1, -0.05) is 41.3 Å². The summed E-state index contributed by atoms with van der Waals surface area (Å²) >= 11 is 4.47. The van der Waals surface area contributed by atoms with Crippen molar-refractivity contribution in [1.82, 2.24) is 4.57 Å². The first-order chi connectivity index (χ1) is 17.6. The number of aromatic nitrogens is 2. The number of thiazole rings is 2. The second-order valence-corrected chi connectivity index (χ2v) is 11.4. The Labute approximate surface area is 223 Å². The van der Waals surface area contributed by atoms with Crippen molar-refractivity contribution in [3.63, 3.8) is 0 Å². The molecule has 0 fully saturated rings. The van der Waals surface area contributed by atoms with Gasteiger partial charge < -0.3 is 9.64 Å². The van der Waals surface area contributed by atoms with Crippen molar-refractivity contribution in [2.24, 2.45) is 0 Å². The Morgan fingerprint density at radius 2 is 1.95 bits per heavy atom. The van der Waals surface area contributed by atoms with Crippen LogP contribution in [0.15, 0.2) is 63.7 Å². The summed E-state index contributed by atoms with van der Waals surface area (Å²) in [6.07, 6.45) is -1.02. The Kier molecular flexibility index (Phi) is 6.95. The van der Waals surface area contributed by atoms with Gasteiger partial charge >= 0.3 is 6.36 Å². The molecule has 4 aromatic rings. The molecule has 37 heavy (non-hydrogen) atoms. The first kappa shape index (κ1) is 25.6. The van der Waals surface area contributed by atoms with Gasteiger partial charge in [0.2, 0.25) is 0 Å². The molecule has 2 aromatic carbocycles. The van der Waals surface area contributed by atoms with Gasteiger partial charge in [-0.2, -0.15) is 4.57 Å². The van der Waals surface area contributed by atoms with E-state index < -0.39 is 6.36 Å². The number of hydrogen-bond acceptors (Lipinski definition) is 6. The second kappa shape index (κ2) is 10.0. The van der Waals surface area contributed by atoms with E-state index in [4.69, 9.17) is 0 Å². The van der Waals surface area contributed by atoms with Crippen molar-refractivity contribution in [3.05, 3.63) is 89.7 Å². The highest BCUT2D eigenvalue weighted by atomic mass is 32.2. The van der Waals surface area contributed by atoms with E-state index in [0.717, 1.165) is 30.8 Å². The van der Waals surface area contributed by atoms with Crippen molar-refractivity contribution >= 4 is 51.2 Å². The molecule has 0 atom stereocenters. The summed E-state index contributed by atoms with van der Waals surface area (Å²) in [7, 11) is 1.97. The fourth-order valence-electron chi connectivity index (χ4n) is 4.14. The fourth-order valence-corrected chi connectivity index (χ4v) is 7.55. The molecule has 1 aliphatic heterocycles. The maximum atomic E-state index is 13.4. The van der Waals surface area contributed by atoms with E-state index in [1.54, 1.807) is 28.5 Å². The van der Waals surface area contributed by atoms with Gasteiger partial charge in [0.05, 0.1) is 22.7 Å². The maximum Gasteiger partial charge on any atom is 0.573 e. The molecule has 192 valence electrons. The maximum absolute atomic E-state index is 13.4. The summed E-state index contributed by atoms with van der Waals surface area (Å²) < 4.78 is 47.9. The predicted molar refractivity (Wildman–Crippen MR) is 143 cm³/mol. The minimum Gasteiger partial charge on any atom is -0.405 e. The van der Waals surface area contributed by atoms with Crippen molar-refractivity contribution in [2.45, 2.75) is 38.2 Å². The molecule has 0 unspecified atom stereocenters. The molecular weight excluding hydrogens is 540 g/mol. The molecule has 5 rings (SSSR count). The van der Waals surface area contributed by atoms with Crippen LogP contribution >= 0.6 is 34.4 Å².